The van der Waals surface area contributed by atoms with Crippen molar-refractivity contribution in [3.63, 3.8) is 0 Å². The van der Waals surface area contributed by atoms with Crippen molar-refractivity contribution in [2.75, 3.05) is 27.2 Å². The monoisotopic (exact) mass is 312 g/mol. The Morgan fingerprint density at radius 3 is 2.81 bits per heavy atom. The van der Waals surface area contributed by atoms with E-state index < -0.39 is 10.0 Å². The summed E-state index contributed by atoms with van der Waals surface area (Å²) in [6, 6.07) is 6.03. The summed E-state index contributed by atoms with van der Waals surface area (Å²) < 4.78 is 32.4. The predicted octanol–water partition coefficient (Wildman–Crippen LogP) is 0.846. The Kier molecular flexibility index (Phi) is 4.97. The van der Waals surface area contributed by atoms with Crippen LogP contribution in [0.25, 0.3) is 0 Å². The van der Waals surface area contributed by atoms with Crippen molar-refractivity contribution in [2.24, 2.45) is 0 Å². The van der Waals surface area contributed by atoms with Gasteiger partial charge in [-0.2, -0.15) is 0 Å². The third kappa shape index (κ3) is 4.03. The summed E-state index contributed by atoms with van der Waals surface area (Å²) in [5.74, 6) is -0.230. The van der Waals surface area contributed by atoms with Gasteiger partial charge in [0.05, 0.1) is 11.0 Å². The maximum atomic E-state index is 12.2. The molecule has 21 heavy (non-hydrogen) atoms. The van der Waals surface area contributed by atoms with Crippen molar-refractivity contribution in [2.45, 2.75) is 23.8 Å². The Labute approximate surface area is 125 Å². The largest absolute Gasteiger partial charge is 0.377 e. The van der Waals surface area contributed by atoms with Crippen molar-refractivity contribution in [1.82, 2.24) is 9.62 Å². The molecule has 1 fully saturated rings. The quantitative estimate of drug-likeness (QED) is 0.874. The number of nitrogens with one attached hydrogen (secondary N) is 1. The van der Waals surface area contributed by atoms with Crippen molar-refractivity contribution < 1.29 is 17.9 Å². The van der Waals surface area contributed by atoms with Crippen LogP contribution in [0.5, 0.6) is 0 Å². The van der Waals surface area contributed by atoms with Gasteiger partial charge in [0.25, 0.3) is 5.91 Å². The molecule has 1 unspecified atom stereocenters. The molecule has 0 radical (unpaired) electrons. The smallest absolute Gasteiger partial charge is 0.253 e. The average Bonchev–Trinajstić information content (AvgIpc) is 2.98. The number of benzene rings is 1. The number of hydrogen-bond donors (Lipinski definition) is 1. The maximum absolute atomic E-state index is 12.2. The minimum absolute atomic E-state index is 0.0636. The number of hydrogen-bond acceptors (Lipinski definition) is 4. The van der Waals surface area contributed by atoms with Crippen molar-refractivity contribution in [3.8, 4) is 0 Å². The third-order valence-electron chi connectivity index (χ3n) is 3.32. The van der Waals surface area contributed by atoms with Gasteiger partial charge in [0.1, 0.15) is 0 Å². The minimum atomic E-state index is -3.63. The van der Waals surface area contributed by atoms with Gasteiger partial charge in [0.15, 0.2) is 0 Å². The van der Waals surface area contributed by atoms with Crippen molar-refractivity contribution in [1.29, 1.82) is 0 Å². The minimum Gasteiger partial charge on any atom is -0.377 e. The zero-order chi connectivity index (χ0) is 15.5. The SMILES string of the molecule is CN(C)C(=O)c1cccc(S(=O)(=O)NCC2CCCO2)c1. The third-order valence-corrected chi connectivity index (χ3v) is 4.74. The Morgan fingerprint density at radius 1 is 1.43 bits per heavy atom. The second kappa shape index (κ2) is 6.55. The van der Waals surface area contributed by atoms with Crippen LogP contribution in [-0.2, 0) is 14.8 Å². The lowest BCUT2D eigenvalue weighted by Gasteiger charge is -2.13. The van der Waals surface area contributed by atoms with Gasteiger partial charge in [-0.15, -0.1) is 0 Å². The predicted molar refractivity (Wildman–Crippen MR) is 78.6 cm³/mol. The van der Waals surface area contributed by atoms with E-state index in [1.165, 1.54) is 17.0 Å². The Morgan fingerprint density at radius 2 is 2.19 bits per heavy atom. The molecule has 1 aliphatic rings. The van der Waals surface area contributed by atoms with Gasteiger partial charge in [-0.25, -0.2) is 13.1 Å². The van der Waals surface area contributed by atoms with E-state index in [2.05, 4.69) is 4.72 Å². The van der Waals surface area contributed by atoms with Crippen LogP contribution >= 0.6 is 0 Å². The normalized spacial score (nSPS) is 18.7. The van der Waals surface area contributed by atoms with E-state index in [0.29, 0.717) is 12.2 Å². The van der Waals surface area contributed by atoms with Crippen LogP contribution in [0.1, 0.15) is 23.2 Å². The molecule has 0 aromatic heterocycles. The molecule has 0 bridgehead atoms. The van der Waals surface area contributed by atoms with Crippen LogP contribution in [-0.4, -0.2) is 52.6 Å². The van der Waals surface area contributed by atoms with E-state index >= 15 is 0 Å². The fraction of sp³-hybridized carbons (Fsp3) is 0.500. The van der Waals surface area contributed by atoms with Gasteiger partial charge in [-0.3, -0.25) is 4.79 Å². The van der Waals surface area contributed by atoms with Crippen LogP contribution in [0.15, 0.2) is 29.2 Å². The summed E-state index contributed by atoms with van der Waals surface area (Å²) in [6.45, 7) is 0.938. The lowest BCUT2D eigenvalue weighted by Crippen LogP contribution is -2.32. The lowest BCUT2D eigenvalue weighted by molar-refractivity contribution is 0.0827. The molecule has 6 nitrogen and oxygen atoms in total. The van der Waals surface area contributed by atoms with Crippen LogP contribution in [0.2, 0.25) is 0 Å². The van der Waals surface area contributed by atoms with Gasteiger partial charge in [0.2, 0.25) is 10.0 Å². The molecule has 1 aromatic rings. The summed E-state index contributed by atoms with van der Waals surface area (Å²) in [7, 11) is -0.382. The molecule has 0 saturated carbocycles. The summed E-state index contributed by atoms with van der Waals surface area (Å²) in [4.78, 5) is 13.4. The molecule has 0 spiro atoms. The standard InChI is InChI=1S/C14H20N2O4S/c1-16(2)14(17)11-5-3-7-13(9-11)21(18,19)15-10-12-6-4-8-20-12/h3,5,7,9,12,15H,4,6,8,10H2,1-2H3. The molecule has 1 heterocycles. The number of ether oxygens (including phenoxy) is 1. The van der Waals surface area contributed by atoms with E-state index in [1.54, 1.807) is 26.2 Å². The van der Waals surface area contributed by atoms with Gasteiger partial charge < -0.3 is 9.64 Å². The Bertz CT molecular complexity index is 607. The number of nitrogens with zero attached hydrogens (tertiary/aromatic N) is 1. The first-order valence-electron chi connectivity index (χ1n) is 6.83. The molecule has 2 rings (SSSR count). The van der Waals surface area contributed by atoms with E-state index in [4.69, 9.17) is 4.74 Å². The number of amides is 1. The highest BCUT2D eigenvalue weighted by Crippen LogP contribution is 2.15. The molecule has 1 aromatic carbocycles. The van der Waals surface area contributed by atoms with Crippen molar-refractivity contribution in [3.05, 3.63) is 29.8 Å². The number of rotatable bonds is 5. The molecule has 1 N–H and O–H groups in total. The maximum Gasteiger partial charge on any atom is 0.253 e. The summed E-state index contributed by atoms with van der Waals surface area (Å²) in [5, 5.41) is 0. The van der Waals surface area contributed by atoms with Gasteiger partial charge in [-0.1, -0.05) is 6.07 Å². The topological polar surface area (TPSA) is 75.7 Å². The lowest BCUT2D eigenvalue weighted by atomic mass is 10.2. The summed E-state index contributed by atoms with van der Waals surface area (Å²) >= 11 is 0. The fourth-order valence-corrected chi connectivity index (χ4v) is 3.26. The number of carbonyl (C=O) groups is 1. The van der Waals surface area contributed by atoms with Gasteiger partial charge in [-0.05, 0) is 31.0 Å². The molecule has 1 atom stereocenters. The van der Waals surface area contributed by atoms with Crippen LogP contribution < -0.4 is 4.72 Å². The second-order valence-electron chi connectivity index (χ2n) is 5.21. The first-order chi connectivity index (χ1) is 9.90. The number of carbonyl (C=O) groups excluding carboxylic acids is 1. The zero-order valence-corrected chi connectivity index (χ0v) is 13.0. The molecule has 1 aliphatic heterocycles. The molecule has 0 aliphatic carbocycles. The molecular formula is C14H20N2O4S. The highest BCUT2D eigenvalue weighted by Gasteiger charge is 2.21. The van der Waals surface area contributed by atoms with Crippen LogP contribution in [0.3, 0.4) is 0 Å². The van der Waals surface area contributed by atoms with E-state index in [0.717, 1.165) is 12.8 Å². The summed E-state index contributed by atoms with van der Waals surface area (Å²) in [5.41, 5.74) is 0.347. The highest BCUT2D eigenvalue weighted by molar-refractivity contribution is 7.89. The van der Waals surface area contributed by atoms with Crippen LogP contribution in [0, 0.1) is 0 Å². The zero-order valence-electron chi connectivity index (χ0n) is 12.2. The molecule has 1 amide bonds. The summed E-state index contributed by atoms with van der Waals surface area (Å²) in [6.07, 6.45) is 1.76. The molecule has 1 saturated heterocycles. The van der Waals surface area contributed by atoms with Crippen LogP contribution in [0.4, 0.5) is 0 Å². The van der Waals surface area contributed by atoms with E-state index in [9.17, 15) is 13.2 Å². The molecule has 7 heteroatoms. The Hall–Kier alpha value is -1.44. The number of sulfonamides is 1. The Balaban J connectivity index is 2.12. The fourth-order valence-electron chi connectivity index (χ4n) is 2.15. The van der Waals surface area contributed by atoms with E-state index in [-0.39, 0.29) is 23.5 Å². The average molecular weight is 312 g/mol. The van der Waals surface area contributed by atoms with Gasteiger partial charge >= 0.3 is 0 Å². The van der Waals surface area contributed by atoms with Gasteiger partial charge in [0, 0.05) is 32.8 Å². The first kappa shape index (κ1) is 15.9. The molecule has 116 valence electrons. The first-order valence-corrected chi connectivity index (χ1v) is 8.31. The highest BCUT2D eigenvalue weighted by atomic mass is 32.2. The van der Waals surface area contributed by atoms with E-state index in [1.807, 2.05) is 0 Å². The second-order valence-corrected chi connectivity index (χ2v) is 6.98. The van der Waals surface area contributed by atoms with Crippen molar-refractivity contribution >= 4 is 15.9 Å². The molecular weight excluding hydrogens is 292 g/mol.